The van der Waals surface area contributed by atoms with Crippen LogP contribution in [0.3, 0.4) is 0 Å². The Morgan fingerprint density at radius 1 is 1.21 bits per heavy atom. The van der Waals surface area contributed by atoms with E-state index in [0.29, 0.717) is 47.1 Å². The van der Waals surface area contributed by atoms with Gasteiger partial charge in [-0.05, 0) is 43.5 Å². The molecule has 0 bridgehead atoms. The van der Waals surface area contributed by atoms with Crippen molar-refractivity contribution in [3.8, 4) is 22.6 Å². The highest BCUT2D eigenvalue weighted by Crippen LogP contribution is 2.44. The van der Waals surface area contributed by atoms with E-state index < -0.39 is 18.2 Å². The second kappa shape index (κ2) is 12.2. The van der Waals surface area contributed by atoms with E-state index in [0.717, 1.165) is 11.1 Å². The number of ether oxygens (including phenoxy) is 3. The number of rotatable bonds is 13. The molecule has 33 heavy (non-hydrogen) atoms. The molecular weight excluding hydrogens is 426 g/mol. The van der Waals surface area contributed by atoms with Crippen LogP contribution in [0.1, 0.15) is 30.5 Å². The number of nitrogens with one attached hydrogen (secondary N) is 3. The zero-order chi connectivity index (χ0) is 24.5. The summed E-state index contributed by atoms with van der Waals surface area (Å²) >= 11 is 0. The Balaban J connectivity index is 2.65. The number of carbonyl (C=O) groups is 1. The Bertz CT molecular complexity index is 952. The predicted molar refractivity (Wildman–Crippen MR) is 128 cm³/mol. The summed E-state index contributed by atoms with van der Waals surface area (Å²) in [5.74, 6) is 0.0852. The predicted octanol–water partition coefficient (Wildman–Crippen LogP) is 2.87. The van der Waals surface area contributed by atoms with Gasteiger partial charge in [-0.15, -0.1) is 0 Å². The SMILES string of the molecule is CCOCc1cc(OC)c(-c2ccc(CC(NC(C)O)C(=O)O)c(C=N)c2NC)c(OC)c1. The van der Waals surface area contributed by atoms with E-state index in [4.69, 9.17) is 19.6 Å². The van der Waals surface area contributed by atoms with Gasteiger partial charge in [0.15, 0.2) is 0 Å². The average molecular weight is 460 g/mol. The van der Waals surface area contributed by atoms with Gasteiger partial charge in [0.1, 0.15) is 23.8 Å². The number of aliphatic hydroxyl groups excluding tert-OH is 1. The molecule has 5 N–H and O–H groups in total. The minimum atomic E-state index is -1.09. The first kappa shape index (κ1) is 26.1. The summed E-state index contributed by atoms with van der Waals surface area (Å²) in [6, 6.07) is 6.39. The Kier molecular flexibility index (Phi) is 9.65. The molecule has 2 unspecified atom stereocenters. The van der Waals surface area contributed by atoms with E-state index in [-0.39, 0.29) is 6.42 Å². The second-order valence-electron chi connectivity index (χ2n) is 7.41. The lowest BCUT2D eigenvalue weighted by atomic mass is 9.91. The van der Waals surface area contributed by atoms with E-state index in [2.05, 4.69) is 10.6 Å². The van der Waals surface area contributed by atoms with Crippen LogP contribution < -0.4 is 20.1 Å². The number of aliphatic carboxylic acids is 1. The van der Waals surface area contributed by atoms with Crippen LogP contribution in [-0.2, 0) is 22.6 Å². The third kappa shape index (κ3) is 6.22. The summed E-state index contributed by atoms with van der Waals surface area (Å²) < 4.78 is 16.9. The van der Waals surface area contributed by atoms with Crippen LogP contribution in [0.2, 0.25) is 0 Å². The van der Waals surface area contributed by atoms with Crippen LogP contribution in [0, 0.1) is 5.41 Å². The largest absolute Gasteiger partial charge is 0.496 e. The van der Waals surface area contributed by atoms with E-state index >= 15 is 0 Å². The minimum Gasteiger partial charge on any atom is -0.496 e. The van der Waals surface area contributed by atoms with Gasteiger partial charge in [0.2, 0.25) is 0 Å². The van der Waals surface area contributed by atoms with E-state index in [9.17, 15) is 15.0 Å². The first-order chi connectivity index (χ1) is 15.8. The van der Waals surface area contributed by atoms with Crippen LogP contribution in [0.25, 0.3) is 11.1 Å². The van der Waals surface area contributed by atoms with Gasteiger partial charge in [-0.2, -0.15) is 0 Å². The minimum absolute atomic E-state index is 0.0848. The first-order valence-corrected chi connectivity index (χ1v) is 10.6. The quantitative estimate of drug-likeness (QED) is 0.228. The third-order valence-corrected chi connectivity index (χ3v) is 5.20. The normalized spacial score (nSPS) is 12.7. The Morgan fingerprint density at radius 2 is 1.85 bits per heavy atom. The molecule has 2 aromatic rings. The molecule has 0 amide bonds. The fourth-order valence-electron chi connectivity index (χ4n) is 3.75. The smallest absolute Gasteiger partial charge is 0.321 e. The van der Waals surface area contributed by atoms with Gasteiger partial charge in [0.25, 0.3) is 0 Å². The number of methoxy groups -OCH3 is 2. The molecule has 0 fully saturated rings. The topological polar surface area (TPSA) is 133 Å². The molecule has 0 heterocycles. The molecular formula is C24H33N3O6. The summed E-state index contributed by atoms with van der Waals surface area (Å²) in [4.78, 5) is 11.7. The summed E-state index contributed by atoms with van der Waals surface area (Å²) in [5, 5.41) is 32.9. The number of hydrogen-bond donors (Lipinski definition) is 5. The number of anilines is 1. The van der Waals surface area contributed by atoms with Crippen LogP contribution >= 0.6 is 0 Å². The molecule has 0 radical (unpaired) electrons. The van der Waals surface area contributed by atoms with E-state index in [1.54, 1.807) is 27.3 Å². The highest BCUT2D eigenvalue weighted by Gasteiger charge is 2.24. The van der Waals surface area contributed by atoms with Crippen LogP contribution in [0.5, 0.6) is 11.5 Å². The molecule has 2 atom stereocenters. The number of benzene rings is 2. The van der Waals surface area contributed by atoms with Crippen molar-refractivity contribution < 1.29 is 29.2 Å². The highest BCUT2D eigenvalue weighted by molar-refractivity contribution is 5.97. The van der Waals surface area contributed by atoms with Crippen molar-refractivity contribution in [1.29, 1.82) is 5.41 Å². The summed E-state index contributed by atoms with van der Waals surface area (Å²) in [7, 11) is 4.89. The van der Waals surface area contributed by atoms with Gasteiger partial charge in [0.05, 0.1) is 32.1 Å². The van der Waals surface area contributed by atoms with Crippen molar-refractivity contribution in [2.24, 2.45) is 0 Å². The molecule has 9 heteroatoms. The lowest BCUT2D eigenvalue weighted by molar-refractivity contribution is -0.140. The summed E-state index contributed by atoms with van der Waals surface area (Å²) in [6.07, 6.45) is 0.289. The monoisotopic (exact) mass is 459 g/mol. The van der Waals surface area contributed by atoms with Crippen molar-refractivity contribution in [3.63, 3.8) is 0 Å². The van der Waals surface area contributed by atoms with Crippen LogP contribution in [0.4, 0.5) is 5.69 Å². The molecule has 0 aliphatic rings. The first-order valence-electron chi connectivity index (χ1n) is 10.6. The number of carboxylic acid groups (broad SMARTS) is 1. The van der Waals surface area contributed by atoms with Crippen molar-refractivity contribution in [2.45, 2.75) is 39.1 Å². The standard InChI is InChI=1S/C24H33N3O6/c1-6-33-13-15-9-20(31-4)22(21(10-15)32-5)17-8-7-16(18(12-25)23(17)26-3)11-19(24(29)30)27-14(2)28/h7-10,12,14,19,25-28H,6,11,13H2,1-5H3,(H,29,30). The van der Waals surface area contributed by atoms with Gasteiger partial charge in [-0.25, -0.2) is 0 Å². The van der Waals surface area contributed by atoms with Crippen LogP contribution in [0.15, 0.2) is 24.3 Å². The molecule has 180 valence electrons. The van der Waals surface area contributed by atoms with Crippen molar-refractivity contribution in [3.05, 3.63) is 41.0 Å². The summed E-state index contributed by atoms with van der Waals surface area (Å²) in [5.41, 5.74) is 4.17. The number of hydrogen-bond acceptors (Lipinski definition) is 8. The average Bonchev–Trinajstić information content (AvgIpc) is 2.80. The fourth-order valence-corrected chi connectivity index (χ4v) is 3.75. The Labute approximate surface area is 194 Å². The van der Waals surface area contributed by atoms with Gasteiger partial charge < -0.3 is 35.1 Å². The third-order valence-electron chi connectivity index (χ3n) is 5.20. The molecule has 2 rings (SSSR count). The lowest BCUT2D eigenvalue weighted by Gasteiger charge is -2.22. The molecule has 0 saturated carbocycles. The zero-order valence-corrected chi connectivity index (χ0v) is 19.7. The van der Waals surface area contributed by atoms with Gasteiger partial charge in [-0.1, -0.05) is 12.1 Å². The fraction of sp³-hybridized carbons (Fsp3) is 0.417. The molecule has 0 aromatic heterocycles. The maximum Gasteiger partial charge on any atom is 0.321 e. The van der Waals surface area contributed by atoms with E-state index in [1.807, 2.05) is 25.1 Å². The summed E-state index contributed by atoms with van der Waals surface area (Å²) in [6.45, 7) is 4.39. The van der Waals surface area contributed by atoms with Gasteiger partial charge in [-0.3, -0.25) is 10.1 Å². The zero-order valence-electron chi connectivity index (χ0n) is 19.7. The Hall–Kier alpha value is -3.14. The number of carboxylic acids is 1. The molecule has 0 aliphatic heterocycles. The highest BCUT2D eigenvalue weighted by atomic mass is 16.5. The second-order valence-corrected chi connectivity index (χ2v) is 7.41. The van der Waals surface area contributed by atoms with Crippen molar-refractivity contribution in [2.75, 3.05) is 33.2 Å². The molecule has 9 nitrogen and oxygen atoms in total. The van der Waals surface area contributed by atoms with Crippen molar-refractivity contribution in [1.82, 2.24) is 5.32 Å². The maximum absolute atomic E-state index is 11.7. The van der Waals surface area contributed by atoms with Gasteiger partial charge >= 0.3 is 5.97 Å². The number of aliphatic hydroxyl groups is 1. The van der Waals surface area contributed by atoms with Crippen LogP contribution in [-0.4, -0.2) is 62.5 Å². The maximum atomic E-state index is 11.7. The van der Waals surface area contributed by atoms with E-state index in [1.165, 1.54) is 13.1 Å². The lowest BCUT2D eigenvalue weighted by Crippen LogP contribution is -2.43. The molecule has 0 spiro atoms. The molecule has 0 aliphatic carbocycles. The van der Waals surface area contributed by atoms with Crippen molar-refractivity contribution >= 4 is 17.9 Å². The molecule has 0 saturated heterocycles. The molecule has 2 aromatic carbocycles. The Morgan fingerprint density at radius 3 is 2.30 bits per heavy atom. The van der Waals surface area contributed by atoms with Gasteiger partial charge in [0, 0.05) is 31.0 Å².